The first-order chi connectivity index (χ1) is 6.56. The van der Waals surface area contributed by atoms with E-state index in [0.29, 0.717) is 5.92 Å². The highest BCUT2D eigenvalue weighted by atomic mass is 79.9. The second-order valence-corrected chi connectivity index (χ2v) is 6.00. The Hall–Kier alpha value is 0.140. The predicted molar refractivity (Wildman–Crippen MR) is 67.8 cm³/mol. The third-order valence-corrected chi connectivity index (χ3v) is 4.57. The van der Waals surface area contributed by atoms with E-state index in [1.807, 2.05) is 0 Å². The van der Waals surface area contributed by atoms with Crippen molar-refractivity contribution in [1.29, 1.82) is 0 Å². The highest BCUT2D eigenvalue weighted by Crippen LogP contribution is 2.35. The second kappa shape index (κ2) is 5.29. The number of nitrogens with two attached hydrogens (primary N) is 1. The molecular formula is C11H18BrNS. The first kappa shape index (κ1) is 12.2. The molecule has 0 aliphatic rings. The molecule has 2 atom stereocenters. The molecule has 0 spiro atoms. The Kier molecular flexibility index (Phi) is 4.61. The van der Waals surface area contributed by atoms with Gasteiger partial charge in [0.15, 0.2) is 0 Å². The monoisotopic (exact) mass is 275 g/mol. The average molecular weight is 276 g/mol. The van der Waals surface area contributed by atoms with E-state index in [9.17, 15) is 0 Å². The lowest BCUT2D eigenvalue weighted by molar-refractivity contribution is 0.437. The molecule has 0 aromatic carbocycles. The summed E-state index contributed by atoms with van der Waals surface area (Å²) >= 11 is 5.37. The molecule has 2 N–H and O–H groups in total. The largest absolute Gasteiger partial charge is 0.323 e. The topological polar surface area (TPSA) is 26.0 Å². The minimum atomic E-state index is 0.183. The van der Waals surface area contributed by atoms with Crippen molar-refractivity contribution in [3.05, 3.63) is 20.3 Å². The van der Waals surface area contributed by atoms with E-state index in [-0.39, 0.29) is 6.04 Å². The lowest BCUT2D eigenvalue weighted by Crippen LogP contribution is -2.18. The van der Waals surface area contributed by atoms with Gasteiger partial charge in [-0.05, 0) is 41.3 Å². The number of halogens is 1. The van der Waals surface area contributed by atoms with Crippen molar-refractivity contribution in [1.82, 2.24) is 0 Å². The van der Waals surface area contributed by atoms with Gasteiger partial charge in [-0.2, -0.15) is 0 Å². The number of rotatable bonds is 4. The molecule has 0 fully saturated rings. The second-order valence-electron chi connectivity index (χ2n) is 3.86. The molecule has 0 aliphatic carbocycles. The highest BCUT2D eigenvalue weighted by Gasteiger charge is 2.18. The van der Waals surface area contributed by atoms with E-state index in [1.54, 1.807) is 11.3 Å². The summed E-state index contributed by atoms with van der Waals surface area (Å²) in [5.74, 6) is 0.564. The van der Waals surface area contributed by atoms with Gasteiger partial charge in [0.1, 0.15) is 0 Å². The van der Waals surface area contributed by atoms with Gasteiger partial charge in [0.2, 0.25) is 0 Å². The molecule has 1 aromatic heterocycles. The van der Waals surface area contributed by atoms with Gasteiger partial charge >= 0.3 is 0 Å². The number of hydrogen-bond acceptors (Lipinski definition) is 2. The zero-order valence-corrected chi connectivity index (χ0v) is 11.4. The Morgan fingerprint density at radius 1 is 1.57 bits per heavy atom. The van der Waals surface area contributed by atoms with Crippen LogP contribution in [0.2, 0.25) is 0 Å². The molecule has 0 saturated heterocycles. The van der Waals surface area contributed by atoms with Gasteiger partial charge in [-0.1, -0.05) is 20.3 Å². The Morgan fingerprint density at radius 2 is 2.21 bits per heavy atom. The van der Waals surface area contributed by atoms with Crippen molar-refractivity contribution in [3.63, 3.8) is 0 Å². The summed E-state index contributed by atoms with van der Waals surface area (Å²) in [6.45, 7) is 6.56. The molecule has 0 bridgehead atoms. The van der Waals surface area contributed by atoms with Gasteiger partial charge in [0, 0.05) is 20.3 Å². The third kappa shape index (κ3) is 2.81. The van der Waals surface area contributed by atoms with Crippen LogP contribution < -0.4 is 5.73 Å². The molecule has 1 aromatic rings. The maximum atomic E-state index is 6.22. The highest BCUT2D eigenvalue weighted by molar-refractivity contribution is 9.10. The van der Waals surface area contributed by atoms with Crippen LogP contribution in [0.1, 0.15) is 42.5 Å². The fourth-order valence-corrected chi connectivity index (χ4v) is 3.67. The summed E-state index contributed by atoms with van der Waals surface area (Å²) in [5, 5.41) is 0. The summed E-state index contributed by atoms with van der Waals surface area (Å²) in [6, 6.07) is 2.33. The molecule has 1 rings (SSSR count). The molecule has 0 radical (unpaired) electrons. The van der Waals surface area contributed by atoms with Crippen LogP contribution in [-0.4, -0.2) is 0 Å². The van der Waals surface area contributed by atoms with E-state index in [0.717, 1.165) is 0 Å². The van der Waals surface area contributed by atoms with Crippen LogP contribution in [-0.2, 0) is 0 Å². The van der Waals surface area contributed by atoms with Crippen molar-refractivity contribution in [2.24, 2.45) is 11.7 Å². The van der Waals surface area contributed by atoms with E-state index >= 15 is 0 Å². The maximum Gasteiger partial charge on any atom is 0.0427 e. The molecule has 14 heavy (non-hydrogen) atoms. The van der Waals surface area contributed by atoms with Crippen molar-refractivity contribution >= 4 is 27.3 Å². The summed E-state index contributed by atoms with van der Waals surface area (Å²) in [4.78, 5) is 2.62. The first-order valence-corrected chi connectivity index (χ1v) is 6.68. The van der Waals surface area contributed by atoms with E-state index in [1.165, 1.54) is 27.1 Å². The molecule has 0 amide bonds. The molecule has 3 heteroatoms. The van der Waals surface area contributed by atoms with Gasteiger partial charge in [0.05, 0.1) is 0 Å². The minimum Gasteiger partial charge on any atom is -0.323 e. The normalized spacial score (nSPS) is 15.5. The van der Waals surface area contributed by atoms with Gasteiger partial charge in [-0.15, -0.1) is 11.3 Å². The lowest BCUT2D eigenvalue weighted by Gasteiger charge is -2.18. The van der Waals surface area contributed by atoms with Crippen LogP contribution in [0.25, 0.3) is 0 Å². The summed E-state index contributed by atoms with van der Waals surface area (Å²) < 4.78 is 1.18. The van der Waals surface area contributed by atoms with Gasteiger partial charge in [-0.3, -0.25) is 0 Å². The smallest absolute Gasteiger partial charge is 0.0427 e. The van der Waals surface area contributed by atoms with E-state index in [4.69, 9.17) is 5.73 Å². The van der Waals surface area contributed by atoms with Crippen LogP contribution in [0.4, 0.5) is 0 Å². The Labute approximate surface area is 98.8 Å². The first-order valence-electron chi connectivity index (χ1n) is 5.07. The van der Waals surface area contributed by atoms with Crippen LogP contribution in [0.3, 0.4) is 0 Å². The molecule has 0 aliphatic heterocycles. The summed E-state index contributed by atoms with van der Waals surface area (Å²) in [6.07, 6.45) is 2.40. The zero-order chi connectivity index (χ0) is 10.7. The Morgan fingerprint density at radius 3 is 2.64 bits per heavy atom. The molecule has 1 nitrogen and oxygen atoms in total. The molecular weight excluding hydrogens is 258 g/mol. The van der Waals surface area contributed by atoms with Crippen molar-refractivity contribution in [2.45, 2.75) is 39.7 Å². The van der Waals surface area contributed by atoms with Crippen LogP contribution >= 0.6 is 27.3 Å². The molecule has 1 heterocycles. The Bertz CT molecular complexity index is 295. The predicted octanol–water partition coefficient (Wildman–Crippen LogP) is 4.26. The molecule has 2 unspecified atom stereocenters. The minimum absolute atomic E-state index is 0.183. The quantitative estimate of drug-likeness (QED) is 0.873. The Balaban J connectivity index is 2.77. The average Bonchev–Trinajstić information content (AvgIpc) is 2.44. The SMILES string of the molecule is CCCC(C)C(N)c1sc(C)cc1Br. The van der Waals surface area contributed by atoms with Crippen LogP contribution in [0.15, 0.2) is 10.5 Å². The van der Waals surface area contributed by atoms with Gasteiger partial charge < -0.3 is 5.73 Å². The van der Waals surface area contributed by atoms with Crippen LogP contribution in [0, 0.1) is 12.8 Å². The zero-order valence-electron chi connectivity index (χ0n) is 9.01. The third-order valence-electron chi connectivity index (χ3n) is 2.50. The molecule has 0 saturated carbocycles. The standard InChI is InChI=1S/C11H18BrNS/c1-4-5-7(2)10(13)11-9(12)6-8(3)14-11/h6-7,10H,4-5,13H2,1-3H3. The molecule has 80 valence electrons. The number of hydrogen-bond donors (Lipinski definition) is 1. The lowest BCUT2D eigenvalue weighted by atomic mass is 9.96. The van der Waals surface area contributed by atoms with Gasteiger partial charge in [0.25, 0.3) is 0 Å². The van der Waals surface area contributed by atoms with Gasteiger partial charge in [-0.25, -0.2) is 0 Å². The summed E-state index contributed by atoms with van der Waals surface area (Å²) in [5.41, 5.74) is 6.22. The van der Waals surface area contributed by atoms with Crippen LogP contribution in [0.5, 0.6) is 0 Å². The van der Waals surface area contributed by atoms with E-state index in [2.05, 4.69) is 42.8 Å². The summed E-state index contributed by atoms with van der Waals surface area (Å²) in [7, 11) is 0. The van der Waals surface area contributed by atoms with Crippen molar-refractivity contribution in [3.8, 4) is 0 Å². The fraction of sp³-hybridized carbons (Fsp3) is 0.636. The number of aryl methyl sites for hydroxylation is 1. The van der Waals surface area contributed by atoms with E-state index < -0.39 is 0 Å². The number of thiophene rings is 1. The fourth-order valence-electron chi connectivity index (χ4n) is 1.62. The van der Waals surface area contributed by atoms with Crippen molar-refractivity contribution < 1.29 is 0 Å². The van der Waals surface area contributed by atoms with Crippen molar-refractivity contribution in [2.75, 3.05) is 0 Å². The maximum absolute atomic E-state index is 6.22.